The standard InChI is InChI=1S/C23H27N5O/c1-17-2-4-19(5-3-17)22-21(18-6-10-24-11-7-18)16-26-23(27-22)25-12-15-28-13-8-20(29)9-14-28/h2-7,10-11,16,20,29H,8-9,12-15H2,1H3,(H,25,26,27). The van der Waals surface area contributed by atoms with E-state index in [4.69, 9.17) is 4.98 Å². The van der Waals surface area contributed by atoms with E-state index in [2.05, 4.69) is 51.4 Å². The zero-order valence-electron chi connectivity index (χ0n) is 16.8. The summed E-state index contributed by atoms with van der Waals surface area (Å²) in [7, 11) is 0. The topological polar surface area (TPSA) is 74.2 Å². The smallest absolute Gasteiger partial charge is 0.223 e. The molecule has 0 spiro atoms. The molecule has 1 fully saturated rings. The molecule has 0 atom stereocenters. The second kappa shape index (κ2) is 9.11. The van der Waals surface area contributed by atoms with Gasteiger partial charge in [0, 0.05) is 55.9 Å². The molecule has 1 aliphatic rings. The van der Waals surface area contributed by atoms with Gasteiger partial charge in [-0.05, 0) is 37.5 Å². The Balaban J connectivity index is 1.53. The number of aromatic nitrogens is 3. The molecule has 0 amide bonds. The molecular weight excluding hydrogens is 362 g/mol. The van der Waals surface area contributed by atoms with Crippen molar-refractivity contribution in [1.29, 1.82) is 0 Å². The molecule has 1 aromatic carbocycles. The van der Waals surface area contributed by atoms with E-state index in [1.165, 1.54) is 5.56 Å². The van der Waals surface area contributed by atoms with Gasteiger partial charge in [0.15, 0.2) is 0 Å². The number of piperidine rings is 1. The Hall–Kier alpha value is -2.83. The maximum absolute atomic E-state index is 9.64. The van der Waals surface area contributed by atoms with E-state index in [9.17, 15) is 5.11 Å². The van der Waals surface area contributed by atoms with Crippen molar-refractivity contribution >= 4 is 5.95 Å². The van der Waals surface area contributed by atoms with Gasteiger partial charge in [0.1, 0.15) is 0 Å². The first-order valence-corrected chi connectivity index (χ1v) is 10.2. The van der Waals surface area contributed by atoms with Gasteiger partial charge in [0.05, 0.1) is 11.8 Å². The maximum Gasteiger partial charge on any atom is 0.223 e. The molecule has 150 valence electrons. The van der Waals surface area contributed by atoms with Crippen molar-refractivity contribution in [2.45, 2.75) is 25.9 Å². The van der Waals surface area contributed by atoms with E-state index in [1.54, 1.807) is 12.4 Å². The molecule has 4 rings (SSSR count). The third-order valence-electron chi connectivity index (χ3n) is 5.37. The van der Waals surface area contributed by atoms with Gasteiger partial charge >= 0.3 is 0 Å². The Bertz CT molecular complexity index is 922. The zero-order valence-corrected chi connectivity index (χ0v) is 16.8. The fourth-order valence-electron chi connectivity index (χ4n) is 3.61. The Kier molecular flexibility index (Phi) is 6.12. The number of aliphatic hydroxyl groups excluding tert-OH is 1. The minimum Gasteiger partial charge on any atom is -0.393 e. The van der Waals surface area contributed by atoms with Gasteiger partial charge in [-0.2, -0.15) is 0 Å². The van der Waals surface area contributed by atoms with Crippen LogP contribution in [0.2, 0.25) is 0 Å². The molecular formula is C23H27N5O. The molecule has 1 saturated heterocycles. The summed E-state index contributed by atoms with van der Waals surface area (Å²) in [5.41, 5.74) is 5.24. The van der Waals surface area contributed by atoms with Crippen LogP contribution in [0.3, 0.4) is 0 Å². The number of hydrogen-bond donors (Lipinski definition) is 2. The number of pyridine rings is 1. The lowest BCUT2D eigenvalue weighted by Crippen LogP contribution is -2.38. The highest BCUT2D eigenvalue weighted by Crippen LogP contribution is 2.30. The van der Waals surface area contributed by atoms with Gasteiger partial charge in [-0.3, -0.25) is 4.98 Å². The van der Waals surface area contributed by atoms with E-state index in [1.807, 2.05) is 18.3 Å². The van der Waals surface area contributed by atoms with Crippen LogP contribution in [0.15, 0.2) is 55.0 Å². The number of aliphatic hydroxyl groups is 1. The molecule has 6 nitrogen and oxygen atoms in total. The number of nitrogens with one attached hydrogen (secondary N) is 1. The molecule has 1 aliphatic heterocycles. The van der Waals surface area contributed by atoms with Crippen LogP contribution in [-0.2, 0) is 0 Å². The summed E-state index contributed by atoms with van der Waals surface area (Å²) < 4.78 is 0. The van der Waals surface area contributed by atoms with E-state index in [0.717, 1.165) is 61.4 Å². The lowest BCUT2D eigenvalue weighted by atomic mass is 10.0. The maximum atomic E-state index is 9.64. The van der Waals surface area contributed by atoms with Crippen molar-refractivity contribution in [1.82, 2.24) is 19.9 Å². The van der Waals surface area contributed by atoms with E-state index in [-0.39, 0.29) is 6.10 Å². The molecule has 0 radical (unpaired) electrons. The van der Waals surface area contributed by atoms with Crippen LogP contribution < -0.4 is 5.32 Å². The second-order valence-electron chi connectivity index (χ2n) is 7.56. The van der Waals surface area contributed by atoms with Gasteiger partial charge < -0.3 is 15.3 Å². The van der Waals surface area contributed by atoms with Crippen LogP contribution in [0.5, 0.6) is 0 Å². The van der Waals surface area contributed by atoms with Crippen LogP contribution in [0.4, 0.5) is 5.95 Å². The average molecular weight is 390 g/mol. The van der Waals surface area contributed by atoms with Crippen molar-refractivity contribution in [2.24, 2.45) is 0 Å². The highest BCUT2D eigenvalue weighted by Gasteiger charge is 2.16. The van der Waals surface area contributed by atoms with Crippen molar-refractivity contribution < 1.29 is 5.11 Å². The molecule has 3 aromatic rings. The summed E-state index contributed by atoms with van der Waals surface area (Å²) in [4.78, 5) is 15.9. The number of benzene rings is 1. The predicted molar refractivity (Wildman–Crippen MR) is 116 cm³/mol. The SMILES string of the molecule is Cc1ccc(-c2nc(NCCN3CCC(O)CC3)ncc2-c2ccncc2)cc1. The summed E-state index contributed by atoms with van der Waals surface area (Å²) >= 11 is 0. The van der Waals surface area contributed by atoms with E-state index in [0.29, 0.717) is 5.95 Å². The Morgan fingerprint density at radius 3 is 2.48 bits per heavy atom. The van der Waals surface area contributed by atoms with Crippen molar-refractivity contribution in [3.8, 4) is 22.4 Å². The second-order valence-corrected chi connectivity index (χ2v) is 7.56. The van der Waals surface area contributed by atoms with E-state index < -0.39 is 0 Å². The molecule has 2 N–H and O–H groups in total. The summed E-state index contributed by atoms with van der Waals surface area (Å²) in [5.74, 6) is 0.635. The molecule has 0 unspecified atom stereocenters. The predicted octanol–water partition coefficient (Wildman–Crippen LogP) is 3.38. The van der Waals surface area contributed by atoms with Gasteiger partial charge in [0.2, 0.25) is 5.95 Å². The van der Waals surface area contributed by atoms with Crippen LogP contribution in [0.25, 0.3) is 22.4 Å². The lowest BCUT2D eigenvalue weighted by Gasteiger charge is -2.29. The molecule has 29 heavy (non-hydrogen) atoms. The molecule has 0 aliphatic carbocycles. The first-order valence-electron chi connectivity index (χ1n) is 10.2. The average Bonchev–Trinajstić information content (AvgIpc) is 2.76. The minimum atomic E-state index is -0.139. The normalized spacial score (nSPS) is 15.4. The number of aryl methyl sites for hydroxylation is 1. The Morgan fingerprint density at radius 2 is 1.76 bits per heavy atom. The number of rotatable bonds is 6. The summed E-state index contributed by atoms with van der Waals surface area (Å²) in [6.45, 7) is 5.67. The number of likely N-dealkylation sites (tertiary alicyclic amines) is 1. The minimum absolute atomic E-state index is 0.139. The van der Waals surface area contributed by atoms with Crippen molar-refractivity contribution in [3.63, 3.8) is 0 Å². The summed E-state index contributed by atoms with van der Waals surface area (Å²) in [6, 6.07) is 12.4. The number of hydrogen-bond acceptors (Lipinski definition) is 6. The lowest BCUT2D eigenvalue weighted by molar-refractivity contribution is 0.0845. The fraction of sp³-hybridized carbons (Fsp3) is 0.348. The third kappa shape index (κ3) is 4.96. The molecule has 2 aromatic heterocycles. The summed E-state index contributed by atoms with van der Waals surface area (Å²) in [5, 5.41) is 13.0. The largest absolute Gasteiger partial charge is 0.393 e. The first-order chi connectivity index (χ1) is 14.2. The van der Waals surface area contributed by atoms with Crippen molar-refractivity contribution in [3.05, 3.63) is 60.6 Å². The quantitative estimate of drug-likeness (QED) is 0.673. The highest BCUT2D eigenvalue weighted by atomic mass is 16.3. The van der Waals surface area contributed by atoms with Gasteiger partial charge in [-0.25, -0.2) is 9.97 Å². The number of nitrogens with zero attached hydrogens (tertiary/aromatic N) is 4. The van der Waals surface area contributed by atoms with Crippen molar-refractivity contribution in [2.75, 3.05) is 31.5 Å². The van der Waals surface area contributed by atoms with Crippen LogP contribution in [0.1, 0.15) is 18.4 Å². The Labute approximate surface area is 171 Å². The Morgan fingerprint density at radius 1 is 1.03 bits per heavy atom. The van der Waals surface area contributed by atoms with E-state index >= 15 is 0 Å². The third-order valence-corrected chi connectivity index (χ3v) is 5.37. The van der Waals surface area contributed by atoms with Gasteiger partial charge in [-0.15, -0.1) is 0 Å². The van der Waals surface area contributed by atoms with Crippen LogP contribution in [-0.4, -0.2) is 57.2 Å². The van der Waals surface area contributed by atoms with Gasteiger partial charge in [-0.1, -0.05) is 29.8 Å². The summed E-state index contributed by atoms with van der Waals surface area (Å²) in [6.07, 6.45) is 7.03. The molecule has 0 bridgehead atoms. The monoisotopic (exact) mass is 389 g/mol. The number of anilines is 1. The van der Waals surface area contributed by atoms with Crippen LogP contribution >= 0.6 is 0 Å². The van der Waals surface area contributed by atoms with Crippen LogP contribution in [0, 0.1) is 6.92 Å². The molecule has 3 heterocycles. The molecule has 6 heteroatoms. The first kappa shape index (κ1) is 19.5. The molecule has 0 saturated carbocycles. The zero-order chi connectivity index (χ0) is 20.1. The van der Waals surface area contributed by atoms with Gasteiger partial charge in [0.25, 0.3) is 0 Å². The highest BCUT2D eigenvalue weighted by molar-refractivity contribution is 5.80. The fourth-order valence-corrected chi connectivity index (χ4v) is 3.61.